The molecule has 0 spiro atoms. The van der Waals surface area contributed by atoms with Crippen molar-refractivity contribution >= 4 is 59.4 Å². The van der Waals surface area contributed by atoms with Gasteiger partial charge in [0.2, 0.25) is 17.7 Å². The van der Waals surface area contributed by atoms with Crippen molar-refractivity contribution in [2.24, 2.45) is 17.4 Å². The minimum absolute atomic E-state index is 0.0236. The van der Waals surface area contributed by atoms with E-state index in [9.17, 15) is 68.7 Å². The van der Waals surface area contributed by atoms with Crippen LogP contribution in [0.4, 0.5) is 0 Å². The van der Waals surface area contributed by atoms with Gasteiger partial charge in [-0.1, -0.05) is 56.7 Å². The number of rotatable bonds is 37. The highest BCUT2D eigenvalue weighted by molar-refractivity contribution is 6.00. The number of nitrogens with zero attached hydrogens (tertiary/aromatic N) is 2. The molecule has 0 radical (unpaired) electrons. The molecule has 4 amide bonds. The van der Waals surface area contributed by atoms with Gasteiger partial charge in [-0.2, -0.15) is 0 Å². The van der Waals surface area contributed by atoms with E-state index in [1.165, 1.54) is 17.0 Å². The quantitative estimate of drug-likeness (QED) is 0.0172. The van der Waals surface area contributed by atoms with Gasteiger partial charge in [0, 0.05) is 19.6 Å². The van der Waals surface area contributed by atoms with Gasteiger partial charge in [0.25, 0.3) is 5.91 Å². The summed E-state index contributed by atoms with van der Waals surface area (Å²) in [5.74, 6) is -10.1. The molecule has 0 saturated carbocycles. The van der Waals surface area contributed by atoms with Gasteiger partial charge in [-0.25, -0.2) is 4.79 Å². The summed E-state index contributed by atoms with van der Waals surface area (Å²) in [5, 5.41) is 60.5. The van der Waals surface area contributed by atoms with Crippen LogP contribution in [0.2, 0.25) is 0 Å². The number of carbonyl (C=O) groups excluding carboxylic acids is 4. The summed E-state index contributed by atoms with van der Waals surface area (Å²) in [6.45, 7) is 0.294. The van der Waals surface area contributed by atoms with Crippen molar-refractivity contribution in [1.82, 2.24) is 36.4 Å². The Hall–Kier alpha value is -7.42. The van der Waals surface area contributed by atoms with Crippen LogP contribution in [-0.4, -0.2) is 191 Å². The van der Waals surface area contributed by atoms with Gasteiger partial charge in [-0.05, 0) is 61.3 Å². The summed E-state index contributed by atoms with van der Waals surface area (Å²) in [6.07, 6.45) is 1.95. The summed E-state index contributed by atoms with van der Waals surface area (Å²) in [6, 6.07) is 8.94. The Kier molecular flexibility index (Phi) is 27.4. The van der Waals surface area contributed by atoms with E-state index >= 15 is 0 Å². The van der Waals surface area contributed by atoms with Crippen LogP contribution in [0.1, 0.15) is 62.7 Å². The first-order valence-corrected chi connectivity index (χ1v) is 23.3. The number of benzene rings is 2. The molecular formula is C46H71N11O15+2. The maximum absolute atomic E-state index is 14.0. The topological polar surface area (TPSA) is 424 Å². The van der Waals surface area contributed by atoms with Gasteiger partial charge < -0.3 is 57.3 Å². The molecule has 26 nitrogen and oxygen atoms in total. The molecule has 26 heteroatoms. The first kappa shape index (κ1) is 60.7. The number of carboxylic acids is 5. The van der Waals surface area contributed by atoms with Gasteiger partial charge in [0.15, 0.2) is 0 Å². The number of nitrogens with two attached hydrogens (primary N) is 2. The fraction of sp³-hybridized carbons (Fsp3) is 0.522. The summed E-state index contributed by atoms with van der Waals surface area (Å²) >= 11 is 0. The second kappa shape index (κ2) is 32.5. The zero-order valence-electron chi connectivity index (χ0n) is 40.6. The molecular weight excluding hydrogens is 947 g/mol. The largest absolute Gasteiger partial charge is 0.491 e. The van der Waals surface area contributed by atoms with Crippen LogP contribution in [0, 0.1) is 5.92 Å². The number of quaternary nitrogens is 1. The summed E-state index contributed by atoms with van der Waals surface area (Å²) < 4.78 is 6.10. The Morgan fingerprint density at radius 1 is 0.722 bits per heavy atom. The van der Waals surface area contributed by atoms with E-state index in [0.29, 0.717) is 36.9 Å². The minimum Gasteiger partial charge on any atom is -0.491 e. The van der Waals surface area contributed by atoms with Gasteiger partial charge in [-0.15, -0.1) is 0 Å². The average molecular weight is 1020 g/mol. The number of nitrogens with one attached hydrogen (secondary N) is 6. The van der Waals surface area contributed by atoms with Gasteiger partial charge >= 0.3 is 35.8 Å². The van der Waals surface area contributed by atoms with Crippen LogP contribution in [0.15, 0.2) is 48.5 Å². The van der Waals surface area contributed by atoms with Crippen molar-refractivity contribution in [1.29, 1.82) is 0 Å². The molecule has 0 heterocycles. The second-order valence-electron chi connectivity index (χ2n) is 16.9. The highest BCUT2D eigenvalue weighted by Crippen LogP contribution is 2.27. The number of amides is 4. The summed E-state index contributed by atoms with van der Waals surface area (Å²) in [4.78, 5) is 118. The third-order valence-electron chi connectivity index (χ3n) is 11.1. The number of ether oxygens (including phenoxy) is 1. The first-order valence-electron chi connectivity index (χ1n) is 23.3. The molecule has 72 heavy (non-hydrogen) atoms. The van der Waals surface area contributed by atoms with Crippen LogP contribution in [-0.2, 0) is 38.4 Å². The fourth-order valence-electron chi connectivity index (χ4n) is 7.17. The molecule has 2 aromatic carbocycles. The van der Waals surface area contributed by atoms with Crippen molar-refractivity contribution in [3.05, 3.63) is 54.1 Å². The molecule has 0 aliphatic heterocycles. The van der Waals surface area contributed by atoms with Gasteiger partial charge in [0.1, 0.15) is 30.5 Å². The smallest absolute Gasteiger partial charge is 0.338 e. The minimum atomic E-state index is -1.31. The molecule has 0 bridgehead atoms. The van der Waals surface area contributed by atoms with E-state index in [4.69, 9.17) is 16.2 Å². The molecule has 0 aliphatic carbocycles. The SMILES string of the molecule is CCC(C)C(NC(=O)CNC(=O)c1cc(-c2ccccc2)ccc1OC[C@@H](CN(CCN(CC(=O)O)CC(=O)O)CC(=O)O)NCC(=O)O)C(=O)NC(CCC[NH+]=C(N)N)C(=O)NC(CCCC[NH3+])C(=O)O. The van der Waals surface area contributed by atoms with Crippen LogP contribution < -0.4 is 53.5 Å². The predicted octanol–water partition coefficient (Wildman–Crippen LogP) is -4.51. The third-order valence-corrected chi connectivity index (χ3v) is 11.1. The van der Waals surface area contributed by atoms with Crippen molar-refractivity contribution in [3.8, 4) is 16.9 Å². The second-order valence-corrected chi connectivity index (χ2v) is 16.9. The Morgan fingerprint density at radius 3 is 1.92 bits per heavy atom. The molecule has 18 N–H and O–H groups in total. The molecule has 2 aromatic rings. The molecule has 5 atom stereocenters. The van der Waals surface area contributed by atoms with Gasteiger partial charge in [0.05, 0.1) is 57.4 Å². The van der Waals surface area contributed by atoms with E-state index in [-0.39, 0.29) is 69.3 Å². The Bertz CT molecular complexity index is 2140. The number of hydrogen-bond acceptors (Lipinski definition) is 13. The Morgan fingerprint density at radius 2 is 1.33 bits per heavy atom. The zero-order valence-corrected chi connectivity index (χ0v) is 40.6. The van der Waals surface area contributed by atoms with Crippen molar-refractivity contribution in [2.75, 3.05) is 72.1 Å². The Labute approximate surface area is 416 Å². The lowest BCUT2D eigenvalue weighted by Gasteiger charge is -2.29. The van der Waals surface area contributed by atoms with Gasteiger partial charge in [-0.3, -0.25) is 69.9 Å². The number of hydrogen-bond donors (Lipinski definition) is 14. The molecule has 4 unspecified atom stereocenters. The molecule has 2 rings (SSSR count). The van der Waals surface area contributed by atoms with E-state index < -0.39 is 116 Å². The van der Waals surface area contributed by atoms with E-state index in [0.717, 1.165) is 4.90 Å². The monoisotopic (exact) mass is 1020 g/mol. The fourth-order valence-corrected chi connectivity index (χ4v) is 7.17. The maximum atomic E-state index is 14.0. The van der Waals surface area contributed by atoms with Crippen molar-refractivity contribution < 1.29 is 84.1 Å². The maximum Gasteiger partial charge on any atom is 0.338 e. The van der Waals surface area contributed by atoms with Crippen molar-refractivity contribution in [2.45, 2.75) is 76.5 Å². The van der Waals surface area contributed by atoms with Crippen molar-refractivity contribution in [3.63, 3.8) is 0 Å². The average Bonchev–Trinajstić information content (AvgIpc) is 3.32. The summed E-state index contributed by atoms with van der Waals surface area (Å²) in [5.41, 5.74) is 15.9. The number of carboxylic acid groups (broad SMARTS) is 5. The lowest BCUT2D eigenvalue weighted by molar-refractivity contribution is -0.459. The predicted molar refractivity (Wildman–Crippen MR) is 258 cm³/mol. The summed E-state index contributed by atoms with van der Waals surface area (Å²) in [7, 11) is 0. The third kappa shape index (κ3) is 23.9. The lowest BCUT2D eigenvalue weighted by Crippen LogP contribution is -2.78. The molecule has 0 aromatic heterocycles. The zero-order chi connectivity index (χ0) is 53.8. The van der Waals surface area contributed by atoms with Crippen LogP contribution in [0.5, 0.6) is 5.75 Å². The standard InChI is InChI=1S/C46H69N11O15/c1-3-28(2)41(44(69)53-33(13-9-17-50-46(48)49)43(68)54-34(45(70)71)12-7-8-16-47)55-36(58)21-52-42(67)32-20-30(29-10-5-4-6-11-29)14-15-35(32)72-27-31(51-22-37(59)60)23-56(24-38(61)62)18-19-57(25-39(63)64)26-40(65)66/h4-6,10-11,14-15,20,28,31,33-34,41,51H,3,7-9,12-13,16-19,21-27,47H2,1-2H3,(H,52,67)(H,53,69)(H,54,68)(H,55,58)(H,59,60)(H,61,62)(H,63,64)(H,65,66)(H,70,71)(H4,48,49,50)/p+2/t28?,31-,33?,34?,41?/m1/s1. The normalized spacial score (nSPS) is 13.1. The van der Waals surface area contributed by atoms with E-state index in [1.54, 1.807) is 50.2 Å². The van der Waals surface area contributed by atoms with E-state index in [1.807, 2.05) is 0 Å². The highest BCUT2D eigenvalue weighted by Gasteiger charge is 2.32. The first-order chi connectivity index (χ1) is 34.1. The molecule has 398 valence electrons. The van der Waals surface area contributed by atoms with Crippen LogP contribution in [0.25, 0.3) is 11.1 Å². The van der Waals surface area contributed by atoms with Crippen LogP contribution in [0.3, 0.4) is 0 Å². The molecule has 0 aliphatic rings. The Balaban J connectivity index is 2.38. The number of carbonyl (C=O) groups is 9. The number of unbranched alkanes of at least 4 members (excludes halogenated alkanes) is 1. The number of aliphatic carboxylic acids is 5. The molecule has 0 fully saturated rings. The number of guanidine groups is 1. The van der Waals surface area contributed by atoms with Crippen LogP contribution >= 0.6 is 0 Å². The molecule has 0 saturated heterocycles. The lowest BCUT2D eigenvalue weighted by atomic mass is 9.97. The highest BCUT2D eigenvalue weighted by atomic mass is 16.5. The van der Waals surface area contributed by atoms with E-state index in [2.05, 4.69) is 37.3 Å².